The topological polar surface area (TPSA) is 28.2 Å². The molecule has 1 aromatic heterocycles. The number of nitrogens with one attached hydrogen (secondary N) is 1. The van der Waals surface area contributed by atoms with Crippen LogP contribution in [0.2, 0.25) is 0 Å². The molecule has 4 heteroatoms. The Kier molecular flexibility index (Phi) is 5.31. The summed E-state index contributed by atoms with van der Waals surface area (Å²) in [4.78, 5) is 8.95. The molecule has 1 heterocycles. The van der Waals surface area contributed by atoms with Crippen LogP contribution in [0.25, 0.3) is 0 Å². The molecule has 0 atom stereocenters. The minimum absolute atomic E-state index is 0.113. The standard InChI is InChI=1S/C17H31N3S/c1-7-18-10-14-15(17(4,5)6)19-16(21-14)20(12(2)3)11-13-8-9-13/h12-13,18H,7-11H2,1-6H3. The summed E-state index contributed by atoms with van der Waals surface area (Å²) >= 11 is 1.88. The molecular weight excluding hydrogens is 278 g/mol. The zero-order chi connectivity index (χ0) is 15.6. The minimum atomic E-state index is 0.113. The molecule has 0 unspecified atom stereocenters. The van der Waals surface area contributed by atoms with Crippen LogP contribution in [0.1, 0.15) is 65.0 Å². The normalized spacial score (nSPS) is 15.8. The average Bonchev–Trinajstić information content (AvgIpc) is 3.10. The van der Waals surface area contributed by atoms with Crippen LogP contribution in [0, 0.1) is 5.92 Å². The summed E-state index contributed by atoms with van der Waals surface area (Å²) in [6, 6.07) is 0.525. The Morgan fingerprint density at radius 3 is 2.48 bits per heavy atom. The van der Waals surface area contributed by atoms with Crippen LogP contribution in [-0.2, 0) is 12.0 Å². The van der Waals surface area contributed by atoms with Crippen molar-refractivity contribution in [3.8, 4) is 0 Å². The maximum Gasteiger partial charge on any atom is 0.186 e. The van der Waals surface area contributed by atoms with Gasteiger partial charge in [0.15, 0.2) is 5.13 Å². The third-order valence-corrected chi connectivity index (χ3v) is 5.05. The van der Waals surface area contributed by atoms with Crippen molar-refractivity contribution in [2.45, 2.75) is 72.4 Å². The first kappa shape index (κ1) is 16.8. The number of aromatic nitrogens is 1. The Hall–Kier alpha value is -0.610. The lowest BCUT2D eigenvalue weighted by Gasteiger charge is -2.26. The molecule has 0 saturated heterocycles. The third-order valence-electron chi connectivity index (χ3n) is 3.95. The van der Waals surface area contributed by atoms with Crippen molar-refractivity contribution in [3.05, 3.63) is 10.6 Å². The Morgan fingerprint density at radius 1 is 1.33 bits per heavy atom. The quantitative estimate of drug-likeness (QED) is 0.819. The lowest BCUT2D eigenvalue weighted by atomic mass is 9.91. The van der Waals surface area contributed by atoms with Gasteiger partial charge in [-0.15, -0.1) is 11.3 Å². The van der Waals surface area contributed by atoms with Gasteiger partial charge in [-0.05, 0) is 39.2 Å². The van der Waals surface area contributed by atoms with Crippen molar-refractivity contribution in [1.82, 2.24) is 10.3 Å². The average molecular weight is 310 g/mol. The fraction of sp³-hybridized carbons (Fsp3) is 0.824. The van der Waals surface area contributed by atoms with Crippen molar-refractivity contribution in [2.24, 2.45) is 5.92 Å². The van der Waals surface area contributed by atoms with Gasteiger partial charge in [-0.2, -0.15) is 0 Å². The summed E-state index contributed by atoms with van der Waals surface area (Å²) in [6.45, 7) is 16.6. The molecule has 0 radical (unpaired) electrons. The van der Waals surface area contributed by atoms with E-state index in [1.807, 2.05) is 11.3 Å². The van der Waals surface area contributed by atoms with E-state index in [1.165, 1.54) is 35.1 Å². The van der Waals surface area contributed by atoms with Crippen molar-refractivity contribution in [2.75, 3.05) is 18.0 Å². The molecule has 0 amide bonds. The third kappa shape index (κ3) is 4.43. The molecule has 3 nitrogen and oxygen atoms in total. The van der Waals surface area contributed by atoms with E-state index in [0.29, 0.717) is 6.04 Å². The van der Waals surface area contributed by atoms with E-state index >= 15 is 0 Å². The zero-order valence-electron chi connectivity index (χ0n) is 14.5. The van der Waals surface area contributed by atoms with Crippen molar-refractivity contribution in [1.29, 1.82) is 0 Å². The van der Waals surface area contributed by atoms with E-state index in [-0.39, 0.29) is 5.41 Å². The van der Waals surface area contributed by atoms with Gasteiger partial charge in [-0.1, -0.05) is 27.7 Å². The maximum absolute atomic E-state index is 5.04. The number of rotatable bonds is 7. The summed E-state index contributed by atoms with van der Waals surface area (Å²) in [5.41, 5.74) is 1.38. The SMILES string of the molecule is CCNCc1sc(N(CC2CC2)C(C)C)nc1C(C)(C)C. The predicted octanol–water partition coefficient (Wildman–Crippen LogP) is 4.17. The van der Waals surface area contributed by atoms with Crippen LogP contribution in [0.4, 0.5) is 5.13 Å². The van der Waals surface area contributed by atoms with E-state index in [2.05, 4.69) is 51.8 Å². The largest absolute Gasteiger partial charge is 0.345 e. The van der Waals surface area contributed by atoms with Crippen LogP contribution in [0.5, 0.6) is 0 Å². The second-order valence-electron chi connectivity index (χ2n) is 7.49. The molecule has 1 aliphatic rings. The second-order valence-corrected chi connectivity index (χ2v) is 8.55. The van der Waals surface area contributed by atoms with Crippen molar-refractivity contribution < 1.29 is 0 Å². The number of nitrogens with zero attached hydrogens (tertiary/aromatic N) is 2. The van der Waals surface area contributed by atoms with E-state index in [9.17, 15) is 0 Å². The van der Waals surface area contributed by atoms with Gasteiger partial charge < -0.3 is 10.2 Å². The number of hydrogen-bond donors (Lipinski definition) is 1. The highest BCUT2D eigenvalue weighted by Gasteiger charge is 2.29. The lowest BCUT2D eigenvalue weighted by molar-refractivity contribution is 0.558. The molecule has 21 heavy (non-hydrogen) atoms. The zero-order valence-corrected chi connectivity index (χ0v) is 15.3. The fourth-order valence-corrected chi connectivity index (χ4v) is 3.88. The maximum atomic E-state index is 5.04. The summed E-state index contributed by atoms with van der Waals surface area (Å²) < 4.78 is 0. The lowest BCUT2D eigenvalue weighted by Crippen LogP contribution is -2.32. The predicted molar refractivity (Wildman–Crippen MR) is 93.4 cm³/mol. The summed E-state index contributed by atoms with van der Waals surface area (Å²) in [5, 5.41) is 4.68. The number of hydrogen-bond acceptors (Lipinski definition) is 4. The van der Waals surface area contributed by atoms with E-state index in [1.54, 1.807) is 0 Å². The van der Waals surface area contributed by atoms with Crippen LogP contribution in [0.15, 0.2) is 0 Å². The van der Waals surface area contributed by atoms with Gasteiger partial charge >= 0.3 is 0 Å². The van der Waals surface area contributed by atoms with Crippen LogP contribution >= 0.6 is 11.3 Å². The van der Waals surface area contributed by atoms with E-state index < -0.39 is 0 Å². The molecule has 120 valence electrons. The molecular formula is C17H31N3S. The highest BCUT2D eigenvalue weighted by molar-refractivity contribution is 7.15. The van der Waals surface area contributed by atoms with Gasteiger partial charge in [0.1, 0.15) is 0 Å². The first-order chi connectivity index (χ1) is 9.82. The van der Waals surface area contributed by atoms with Gasteiger partial charge in [-0.25, -0.2) is 4.98 Å². The monoisotopic (exact) mass is 309 g/mol. The molecule has 2 rings (SSSR count). The molecule has 0 bridgehead atoms. The summed E-state index contributed by atoms with van der Waals surface area (Å²) in [5.74, 6) is 0.895. The van der Waals surface area contributed by atoms with Gasteiger partial charge in [0.05, 0.1) is 5.69 Å². The molecule has 1 aromatic rings. The highest BCUT2D eigenvalue weighted by Crippen LogP contribution is 2.37. The fourth-order valence-electron chi connectivity index (χ4n) is 2.49. The Labute approximate surface area is 134 Å². The van der Waals surface area contributed by atoms with Crippen LogP contribution in [-0.4, -0.2) is 24.1 Å². The Balaban J connectivity index is 2.26. The second kappa shape index (κ2) is 6.66. The molecule has 0 aromatic carbocycles. The number of thiazole rings is 1. The molecule has 0 aliphatic heterocycles. The van der Waals surface area contributed by atoms with Crippen LogP contribution < -0.4 is 10.2 Å². The first-order valence-corrected chi connectivity index (χ1v) is 9.12. The Bertz CT molecular complexity index is 455. The first-order valence-electron chi connectivity index (χ1n) is 8.30. The molecule has 1 fully saturated rings. The molecule has 1 N–H and O–H groups in total. The minimum Gasteiger partial charge on any atom is -0.345 e. The van der Waals surface area contributed by atoms with Gasteiger partial charge in [0.25, 0.3) is 0 Å². The van der Waals surface area contributed by atoms with Gasteiger partial charge in [0, 0.05) is 29.4 Å². The Morgan fingerprint density at radius 2 is 2.00 bits per heavy atom. The smallest absolute Gasteiger partial charge is 0.186 e. The number of anilines is 1. The molecule has 1 saturated carbocycles. The van der Waals surface area contributed by atoms with Crippen molar-refractivity contribution in [3.63, 3.8) is 0 Å². The molecule has 0 spiro atoms. The summed E-state index contributed by atoms with van der Waals surface area (Å²) in [6.07, 6.45) is 2.79. The van der Waals surface area contributed by atoms with Crippen LogP contribution in [0.3, 0.4) is 0 Å². The van der Waals surface area contributed by atoms with Gasteiger partial charge in [0.2, 0.25) is 0 Å². The van der Waals surface area contributed by atoms with E-state index in [0.717, 1.165) is 19.0 Å². The summed E-state index contributed by atoms with van der Waals surface area (Å²) in [7, 11) is 0. The van der Waals surface area contributed by atoms with Crippen molar-refractivity contribution >= 4 is 16.5 Å². The molecule has 1 aliphatic carbocycles. The van der Waals surface area contributed by atoms with E-state index in [4.69, 9.17) is 4.98 Å². The highest BCUT2D eigenvalue weighted by atomic mass is 32.1. The van der Waals surface area contributed by atoms with Gasteiger partial charge in [-0.3, -0.25) is 0 Å².